The summed E-state index contributed by atoms with van der Waals surface area (Å²) in [6.07, 6.45) is 3.05. The molecule has 0 saturated carbocycles. The van der Waals surface area contributed by atoms with E-state index < -0.39 is 0 Å². The number of anilines is 1. The molecule has 1 aromatic heterocycles. The summed E-state index contributed by atoms with van der Waals surface area (Å²) in [4.78, 5) is 17.9. The molecule has 112 valence electrons. The number of carbonyl (C=O) groups excluding carboxylic acids is 1. The molecule has 1 fully saturated rings. The van der Waals surface area contributed by atoms with Crippen molar-refractivity contribution in [2.75, 3.05) is 24.5 Å². The number of pyridine rings is 1. The lowest BCUT2D eigenvalue weighted by molar-refractivity contribution is -0.118. The molecule has 0 unspecified atom stereocenters. The molecule has 20 heavy (non-hydrogen) atoms. The molecule has 0 radical (unpaired) electrons. The van der Waals surface area contributed by atoms with Crippen LogP contribution in [-0.2, 0) is 10.2 Å². The van der Waals surface area contributed by atoms with Crippen molar-refractivity contribution in [1.82, 2.24) is 10.3 Å². The molecule has 0 aromatic carbocycles. The van der Waals surface area contributed by atoms with Crippen molar-refractivity contribution in [2.45, 2.75) is 46.5 Å². The first-order chi connectivity index (χ1) is 9.40. The van der Waals surface area contributed by atoms with Gasteiger partial charge >= 0.3 is 0 Å². The van der Waals surface area contributed by atoms with Gasteiger partial charge in [-0.3, -0.25) is 9.78 Å². The molecule has 1 N–H and O–H groups in total. The first kappa shape index (κ1) is 16.6. The van der Waals surface area contributed by atoms with Crippen molar-refractivity contribution in [3.05, 3.63) is 24.0 Å². The minimum atomic E-state index is 0.0476. The molecule has 1 amide bonds. The first-order valence-corrected chi connectivity index (χ1v) is 7.37. The monoisotopic (exact) mass is 277 g/mol. The molecule has 0 aliphatic carbocycles. The van der Waals surface area contributed by atoms with Crippen molar-refractivity contribution in [3.8, 4) is 0 Å². The van der Waals surface area contributed by atoms with E-state index >= 15 is 0 Å². The van der Waals surface area contributed by atoms with Gasteiger partial charge in [-0.05, 0) is 12.1 Å². The second-order valence-corrected chi connectivity index (χ2v) is 6.08. The normalized spacial score (nSPS) is 15.7. The highest BCUT2D eigenvalue weighted by Crippen LogP contribution is 2.22. The molecule has 4 heteroatoms. The van der Waals surface area contributed by atoms with Gasteiger partial charge in [-0.25, -0.2) is 0 Å². The van der Waals surface area contributed by atoms with Crippen LogP contribution in [0.3, 0.4) is 0 Å². The SMILES string of the molecule is CC(C)(C)c1ccc(N2CCNCC2=O)cn1.CCC. The quantitative estimate of drug-likeness (QED) is 0.858. The van der Waals surface area contributed by atoms with E-state index in [1.54, 1.807) is 11.1 Å². The number of amides is 1. The zero-order valence-corrected chi connectivity index (χ0v) is 13.4. The topological polar surface area (TPSA) is 45.2 Å². The van der Waals surface area contributed by atoms with Crippen molar-refractivity contribution >= 4 is 11.6 Å². The Kier molecular flexibility index (Phi) is 6.14. The van der Waals surface area contributed by atoms with Gasteiger partial charge in [-0.1, -0.05) is 41.0 Å². The van der Waals surface area contributed by atoms with Gasteiger partial charge in [0.1, 0.15) is 0 Å². The predicted molar refractivity (Wildman–Crippen MR) is 84.1 cm³/mol. The molecule has 1 aliphatic rings. The summed E-state index contributed by atoms with van der Waals surface area (Å²) < 4.78 is 0. The van der Waals surface area contributed by atoms with E-state index in [1.165, 1.54) is 6.42 Å². The summed E-state index contributed by atoms with van der Waals surface area (Å²) >= 11 is 0. The third-order valence-corrected chi connectivity index (χ3v) is 2.92. The lowest BCUT2D eigenvalue weighted by Crippen LogP contribution is -2.48. The average molecular weight is 277 g/mol. The molecule has 4 nitrogen and oxygen atoms in total. The maximum absolute atomic E-state index is 11.7. The lowest BCUT2D eigenvalue weighted by Gasteiger charge is -2.27. The molecule has 0 bridgehead atoms. The highest BCUT2D eigenvalue weighted by atomic mass is 16.2. The van der Waals surface area contributed by atoms with Crippen molar-refractivity contribution in [1.29, 1.82) is 0 Å². The van der Waals surface area contributed by atoms with Gasteiger partial charge in [0.25, 0.3) is 0 Å². The Hall–Kier alpha value is -1.42. The van der Waals surface area contributed by atoms with Gasteiger partial charge in [0.15, 0.2) is 0 Å². The number of piperazine rings is 1. The Labute approximate surface area is 122 Å². The van der Waals surface area contributed by atoms with E-state index in [9.17, 15) is 4.79 Å². The first-order valence-electron chi connectivity index (χ1n) is 7.37. The van der Waals surface area contributed by atoms with E-state index in [0.29, 0.717) is 6.54 Å². The summed E-state index contributed by atoms with van der Waals surface area (Å²) in [5.74, 6) is 0.113. The molecule has 1 aliphatic heterocycles. The zero-order chi connectivity index (χ0) is 15.2. The predicted octanol–water partition coefficient (Wildman–Crippen LogP) is 2.73. The molecule has 2 rings (SSSR count). The second kappa shape index (κ2) is 7.39. The van der Waals surface area contributed by atoms with Gasteiger partial charge in [0.2, 0.25) is 5.91 Å². The smallest absolute Gasteiger partial charge is 0.241 e. The number of rotatable bonds is 1. The van der Waals surface area contributed by atoms with Gasteiger partial charge in [0.05, 0.1) is 18.4 Å². The molecule has 0 spiro atoms. The fourth-order valence-electron chi connectivity index (χ4n) is 1.87. The van der Waals surface area contributed by atoms with Crippen LogP contribution in [0.1, 0.15) is 46.7 Å². The zero-order valence-electron chi connectivity index (χ0n) is 13.4. The Morgan fingerprint density at radius 3 is 2.40 bits per heavy atom. The fourth-order valence-corrected chi connectivity index (χ4v) is 1.87. The highest BCUT2D eigenvalue weighted by molar-refractivity contribution is 5.95. The Morgan fingerprint density at radius 2 is 1.95 bits per heavy atom. The fraction of sp³-hybridized carbons (Fsp3) is 0.625. The third kappa shape index (κ3) is 4.60. The Bertz CT molecular complexity index is 420. The number of nitrogens with one attached hydrogen (secondary N) is 1. The van der Waals surface area contributed by atoms with Gasteiger partial charge in [-0.2, -0.15) is 0 Å². The second-order valence-electron chi connectivity index (χ2n) is 6.08. The van der Waals surface area contributed by atoms with E-state index in [1.807, 2.05) is 12.1 Å². The van der Waals surface area contributed by atoms with Gasteiger partial charge < -0.3 is 10.2 Å². The standard InChI is InChI=1S/C13H19N3O.C3H8/c1-13(2,3)11-5-4-10(8-15-11)16-7-6-14-9-12(16)17;1-3-2/h4-5,8,14H,6-7,9H2,1-3H3;3H2,1-2H3. The van der Waals surface area contributed by atoms with Crippen LogP contribution in [-0.4, -0.2) is 30.5 Å². The third-order valence-electron chi connectivity index (χ3n) is 2.92. The van der Waals surface area contributed by atoms with Crippen molar-refractivity contribution in [2.24, 2.45) is 0 Å². The highest BCUT2D eigenvalue weighted by Gasteiger charge is 2.20. The lowest BCUT2D eigenvalue weighted by atomic mass is 9.92. The van der Waals surface area contributed by atoms with Gasteiger partial charge in [-0.15, -0.1) is 0 Å². The maximum Gasteiger partial charge on any atom is 0.241 e. The number of hydrogen-bond donors (Lipinski definition) is 1. The molecule has 1 saturated heterocycles. The van der Waals surface area contributed by atoms with Crippen LogP contribution in [0.15, 0.2) is 18.3 Å². The van der Waals surface area contributed by atoms with Crippen LogP contribution >= 0.6 is 0 Å². The summed E-state index contributed by atoms with van der Waals surface area (Å²) in [6, 6.07) is 3.99. The minimum absolute atomic E-state index is 0.0476. The van der Waals surface area contributed by atoms with Crippen molar-refractivity contribution < 1.29 is 4.79 Å². The Balaban J connectivity index is 0.000000612. The number of aromatic nitrogens is 1. The molecular formula is C16H27N3O. The van der Waals surface area contributed by atoms with Gasteiger partial charge in [0, 0.05) is 24.2 Å². The maximum atomic E-state index is 11.7. The minimum Gasteiger partial charge on any atom is -0.309 e. The molecule has 1 aromatic rings. The Morgan fingerprint density at radius 1 is 1.30 bits per heavy atom. The van der Waals surface area contributed by atoms with Crippen LogP contribution < -0.4 is 10.2 Å². The van der Waals surface area contributed by atoms with Crippen LogP contribution in [0.5, 0.6) is 0 Å². The average Bonchev–Trinajstić information content (AvgIpc) is 2.39. The van der Waals surface area contributed by atoms with Crippen LogP contribution in [0, 0.1) is 0 Å². The van der Waals surface area contributed by atoms with E-state index in [2.05, 4.69) is 44.9 Å². The summed E-state index contributed by atoms with van der Waals surface area (Å²) in [6.45, 7) is 12.6. The number of nitrogens with zero attached hydrogens (tertiary/aromatic N) is 2. The van der Waals surface area contributed by atoms with Crippen LogP contribution in [0.4, 0.5) is 5.69 Å². The molecular weight excluding hydrogens is 250 g/mol. The number of hydrogen-bond acceptors (Lipinski definition) is 3. The summed E-state index contributed by atoms with van der Waals surface area (Å²) in [7, 11) is 0. The van der Waals surface area contributed by atoms with Crippen LogP contribution in [0.2, 0.25) is 0 Å². The van der Waals surface area contributed by atoms with E-state index in [0.717, 1.165) is 24.5 Å². The van der Waals surface area contributed by atoms with E-state index in [-0.39, 0.29) is 11.3 Å². The summed E-state index contributed by atoms with van der Waals surface area (Å²) in [5, 5.41) is 3.06. The largest absolute Gasteiger partial charge is 0.309 e. The molecule has 2 heterocycles. The van der Waals surface area contributed by atoms with Crippen molar-refractivity contribution in [3.63, 3.8) is 0 Å². The van der Waals surface area contributed by atoms with Crippen LogP contribution in [0.25, 0.3) is 0 Å². The van der Waals surface area contributed by atoms with E-state index in [4.69, 9.17) is 0 Å². The number of carbonyl (C=O) groups is 1. The molecule has 0 atom stereocenters. The summed E-state index contributed by atoms with van der Waals surface area (Å²) in [5.41, 5.74) is 1.99.